The average molecular weight is 425 g/mol. The van der Waals surface area contributed by atoms with Gasteiger partial charge in [-0.3, -0.25) is 14.2 Å². The summed E-state index contributed by atoms with van der Waals surface area (Å²) in [6.07, 6.45) is 0. The minimum absolute atomic E-state index is 0.0435. The molecule has 6 nitrogen and oxygen atoms in total. The molecule has 10 heteroatoms. The molecule has 1 N–H and O–H groups in total. The standard InChI is InChI=1S/C18H17F2N3O3S2/c1-9-10(2)28-15-14(9)16(25)23(3)18(22-15)27-8-13(24)21-11-6-4-5-7-12(11)26-17(19)20/h4-7,17H,8H2,1-3H3,(H,21,24). The van der Waals surface area contributed by atoms with Crippen LogP contribution in [-0.4, -0.2) is 27.8 Å². The molecule has 0 aliphatic rings. The first-order chi connectivity index (χ1) is 13.3. The number of carbonyl (C=O) groups is 1. The van der Waals surface area contributed by atoms with Crippen molar-refractivity contribution in [3.8, 4) is 5.75 Å². The van der Waals surface area contributed by atoms with E-state index >= 15 is 0 Å². The molecule has 0 unspecified atom stereocenters. The Labute approximate surface area is 167 Å². The highest BCUT2D eigenvalue weighted by Gasteiger charge is 2.16. The van der Waals surface area contributed by atoms with E-state index < -0.39 is 12.5 Å². The summed E-state index contributed by atoms with van der Waals surface area (Å²) >= 11 is 2.53. The molecule has 3 rings (SSSR count). The zero-order valence-electron chi connectivity index (χ0n) is 15.3. The normalized spacial score (nSPS) is 11.2. The highest BCUT2D eigenvalue weighted by Crippen LogP contribution is 2.29. The van der Waals surface area contributed by atoms with E-state index in [9.17, 15) is 18.4 Å². The van der Waals surface area contributed by atoms with Gasteiger partial charge in [0.2, 0.25) is 5.91 Å². The van der Waals surface area contributed by atoms with Gasteiger partial charge in [-0.2, -0.15) is 8.78 Å². The van der Waals surface area contributed by atoms with E-state index in [1.54, 1.807) is 13.1 Å². The van der Waals surface area contributed by atoms with E-state index in [1.807, 2.05) is 13.8 Å². The first-order valence-corrected chi connectivity index (χ1v) is 10.0. The Morgan fingerprint density at radius 2 is 2.07 bits per heavy atom. The Morgan fingerprint density at radius 1 is 1.36 bits per heavy atom. The lowest BCUT2D eigenvalue weighted by Gasteiger charge is -2.12. The van der Waals surface area contributed by atoms with E-state index in [0.29, 0.717) is 15.4 Å². The predicted octanol–water partition coefficient (Wildman–Crippen LogP) is 3.94. The number of ether oxygens (including phenoxy) is 1. The number of halogens is 2. The van der Waals surface area contributed by atoms with Crippen LogP contribution in [0.2, 0.25) is 0 Å². The number of nitrogens with one attached hydrogen (secondary N) is 1. The number of carbonyl (C=O) groups excluding carboxylic acids is 1. The fourth-order valence-corrected chi connectivity index (χ4v) is 4.41. The number of para-hydroxylation sites is 2. The zero-order chi connectivity index (χ0) is 20.4. The second-order valence-corrected chi connectivity index (χ2v) is 8.08. The van der Waals surface area contributed by atoms with E-state index in [1.165, 1.54) is 34.1 Å². The molecule has 1 amide bonds. The summed E-state index contributed by atoms with van der Waals surface area (Å²) in [5, 5.41) is 3.54. The molecular weight excluding hydrogens is 408 g/mol. The predicted molar refractivity (Wildman–Crippen MR) is 107 cm³/mol. The molecule has 2 aromatic heterocycles. The smallest absolute Gasteiger partial charge is 0.387 e. The van der Waals surface area contributed by atoms with Gasteiger partial charge in [-0.15, -0.1) is 11.3 Å². The third-order valence-corrected chi connectivity index (χ3v) is 6.21. The van der Waals surface area contributed by atoms with Crippen LogP contribution in [-0.2, 0) is 11.8 Å². The van der Waals surface area contributed by atoms with Crippen molar-refractivity contribution in [2.24, 2.45) is 7.05 Å². The molecule has 0 saturated carbocycles. The molecule has 0 bridgehead atoms. The minimum atomic E-state index is -2.99. The Bertz CT molecular complexity index is 1100. The summed E-state index contributed by atoms with van der Waals surface area (Å²) < 4.78 is 30.7. The molecule has 1 aromatic carbocycles. The number of hydrogen-bond acceptors (Lipinski definition) is 6. The molecule has 0 atom stereocenters. The van der Waals surface area contributed by atoms with Crippen LogP contribution in [0.15, 0.2) is 34.2 Å². The van der Waals surface area contributed by atoms with Crippen molar-refractivity contribution >= 4 is 44.9 Å². The number of aryl methyl sites for hydroxylation is 2. The number of thioether (sulfide) groups is 1. The molecule has 2 heterocycles. The largest absolute Gasteiger partial charge is 0.433 e. The summed E-state index contributed by atoms with van der Waals surface area (Å²) in [6.45, 7) is 0.826. The lowest BCUT2D eigenvalue weighted by molar-refractivity contribution is -0.113. The van der Waals surface area contributed by atoms with Gasteiger partial charge in [-0.25, -0.2) is 4.98 Å². The second kappa shape index (κ2) is 8.27. The number of hydrogen-bond donors (Lipinski definition) is 1. The Hall–Kier alpha value is -2.46. The SMILES string of the molecule is Cc1sc2nc(SCC(=O)Nc3ccccc3OC(F)F)n(C)c(=O)c2c1C. The molecule has 0 radical (unpaired) electrons. The van der Waals surface area contributed by atoms with Crippen molar-refractivity contribution < 1.29 is 18.3 Å². The highest BCUT2D eigenvalue weighted by molar-refractivity contribution is 7.99. The van der Waals surface area contributed by atoms with Gasteiger partial charge in [0.25, 0.3) is 5.56 Å². The molecular formula is C18H17F2N3O3S2. The topological polar surface area (TPSA) is 73.2 Å². The van der Waals surface area contributed by atoms with Gasteiger partial charge in [0.15, 0.2) is 5.16 Å². The lowest BCUT2D eigenvalue weighted by Crippen LogP contribution is -2.21. The van der Waals surface area contributed by atoms with Gasteiger partial charge >= 0.3 is 6.61 Å². The summed E-state index contributed by atoms with van der Waals surface area (Å²) in [4.78, 5) is 31.0. The van der Waals surface area contributed by atoms with Gasteiger partial charge in [0.1, 0.15) is 10.6 Å². The lowest BCUT2D eigenvalue weighted by atomic mass is 10.2. The zero-order valence-corrected chi connectivity index (χ0v) is 16.9. The van der Waals surface area contributed by atoms with Gasteiger partial charge in [-0.05, 0) is 31.5 Å². The fourth-order valence-electron chi connectivity index (χ4n) is 2.57. The number of nitrogens with zero attached hydrogens (tertiary/aromatic N) is 2. The van der Waals surface area contributed by atoms with Crippen molar-refractivity contribution in [1.82, 2.24) is 9.55 Å². The van der Waals surface area contributed by atoms with Gasteiger partial charge < -0.3 is 10.1 Å². The van der Waals surface area contributed by atoms with Gasteiger partial charge in [0, 0.05) is 11.9 Å². The number of rotatable bonds is 6. The third kappa shape index (κ3) is 4.17. The summed E-state index contributed by atoms with van der Waals surface area (Å²) in [6, 6.07) is 5.94. The average Bonchev–Trinajstić information content (AvgIpc) is 2.92. The Balaban J connectivity index is 1.75. The molecule has 28 heavy (non-hydrogen) atoms. The maximum absolute atomic E-state index is 12.6. The number of alkyl halides is 2. The molecule has 0 fully saturated rings. The van der Waals surface area contributed by atoms with Crippen LogP contribution in [0, 0.1) is 13.8 Å². The van der Waals surface area contributed by atoms with Crippen LogP contribution in [0.5, 0.6) is 5.75 Å². The maximum Gasteiger partial charge on any atom is 0.387 e. The van der Waals surface area contributed by atoms with Gasteiger partial charge in [-0.1, -0.05) is 23.9 Å². The number of fused-ring (bicyclic) bond motifs is 1. The molecule has 3 aromatic rings. The van der Waals surface area contributed by atoms with Crippen molar-refractivity contribution in [3.05, 3.63) is 45.1 Å². The van der Waals surface area contributed by atoms with Crippen molar-refractivity contribution in [2.75, 3.05) is 11.1 Å². The van der Waals surface area contributed by atoms with Crippen molar-refractivity contribution in [2.45, 2.75) is 25.6 Å². The second-order valence-electron chi connectivity index (χ2n) is 5.93. The minimum Gasteiger partial charge on any atom is -0.433 e. The van der Waals surface area contributed by atoms with Gasteiger partial charge in [0.05, 0.1) is 16.8 Å². The molecule has 0 aliphatic carbocycles. The number of thiophene rings is 1. The van der Waals surface area contributed by atoms with Crippen LogP contribution >= 0.6 is 23.1 Å². The van der Waals surface area contributed by atoms with Crippen LogP contribution in [0.3, 0.4) is 0 Å². The number of benzene rings is 1. The van der Waals surface area contributed by atoms with E-state index in [-0.39, 0.29) is 22.7 Å². The summed E-state index contributed by atoms with van der Waals surface area (Å²) in [5.41, 5.74) is 0.902. The summed E-state index contributed by atoms with van der Waals surface area (Å²) in [7, 11) is 1.60. The van der Waals surface area contributed by atoms with Crippen LogP contribution in [0.1, 0.15) is 10.4 Å². The molecule has 0 aliphatic heterocycles. The van der Waals surface area contributed by atoms with Crippen LogP contribution in [0.4, 0.5) is 14.5 Å². The molecule has 0 saturated heterocycles. The van der Waals surface area contributed by atoms with Crippen molar-refractivity contribution in [3.63, 3.8) is 0 Å². The van der Waals surface area contributed by atoms with Crippen molar-refractivity contribution in [1.29, 1.82) is 0 Å². The molecule has 0 spiro atoms. The third-order valence-electron chi connectivity index (χ3n) is 4.08. The monoisotopic (exact) mass is 425 g/mol. The van der Waals surface area contributed by atoms with E-state index in [2.05, 4.69) is 15.0 Å². The van der Waals surface area contributed by atoms with E-state index in [0.717, 1.165) is 22.2 Å². The Morgan fingerprint density at radius 3 is 2.79 bits per heavy atom. The quantitative estimate of drug-likeness (QED) is 0.478. The number of aromatic nitrogens is 2. The number of anilines is 1. The number of amides is 1. The van der Waals surface area contributed by atoms with Crippen LogP contribution < -0.4 is 15.6 Å². The first-order valence-electron chi connectivity index (χ1n) is 8.21. The maximum atomic E-state index is 12.6. The highest BCUT2D eigenvalue weighted by atomic mass is 32.2. The van der Waals surface area contributed by atoms with E-state index in [4.69, 9.17) is 0 Å². The first kappa shape index (κ1) is 20.3. The Kier molecular flexibility index (Phi) is 5.99. The summed E-state index contributed by atoms with van der Waals surface area (Å²) in [5.74, 6) is -0.589. The molecule has 148 valence electrons. The van der Waals surface area contributed by atoms with Crippen LogP contribution in [0.25, 0.3) is 10.2 Å². The fraction of sp³-hybridized carbons (Fsp3) is 0.278.